The number of rotatable bonds is 12. The van der Waals surface area contributed by atoms with E-state index in [-0.39, 0.29) is 24.8 Å². The second-order valence-corrected chi connectivity index (χ2v) is 10.4. The molecule has 1 N–H and O–H groups in total. The Morgan fingerprint density at radius 1 is 1.03 bits per heavy atom. The first kappa shape index (κ1) is 27.4. The van der Waals surface area contributed by atoms with Crippen molar-refractivity contribution in [3.05, 3.63) is 65.2 Å². The number of hydrogen-bond donors (Lipinski definition) is 1. The molecule has 2 rings (SSSR count). The highest BCUT2D eigenvalue weighted by Gasteiger charge is 2.26. The number of carbonyl (C=O) groups is 2. The number of hydrogen-bond acceptors (Lipinski definition) is 4. The predicted molar refractivity (Wildman–Crippen MR) is 137 cm³/mol. The molecule has 0 aromatic heterocycles. The summed E-state index contributed by atoms with van der Waals surface area (Å²) in [6, 6.07) is 14.6. The molecule has 0 bridgehead atoms. The lowest BCUT2D eigenvalue weighted by atomic mass is 10.1. The van der Waals surface area contributed by atoms with Gasteiger partial charge in [0.1, 0.15) is 6.04 Å². The average molecular weight is 488 g/mol. The zero-order valence-electron chi connectivity index (χ0n) is 20.9. The van der Waals surface area contributed by atoms with Gasteiger partial charge in [-0.25, -0.2) is 8.42 Å². The first-order valence-corrected chi connectivity index (χ1v) is 13.6. The van der Waals surface area contributed by atoms with E-state index in [0.29, 0.717) is 25.2 Å². The van der Waals surface area contributed by atoms with Crippen molar-refractivity contribution in [2.45, 2.75) is 59.5 Å². The molecule has 7 nitrogen and oxygen atoms in total. The molecule has 0 aliphatic heterocycles. The smallest absolute Gasteiger partial charge is 0.242 e. The molecule has 8 heteroatoms. The van der Waals surface area contributed by atoms with Crippen LogP contribution in [0.25, 0.3) is 0 Å². The maximum atomic E-state index is 13.2. The van der Waals surface area contributed by atoms with Gasteiger partial charge in [0.25, 0.3) is 0 Å². The van der Waals surface area contributed by atoms with Crippen LogP contribution in [0.3, 0.4) is 0 Å². The summed E-state index contributed by atoms with van der Waals surface area (Å²) in [6.45, 7) is 8.56. The molecule has 2 aromatic carbocycles. The van der Waals surface area contributed by atoms with Crippen molar-refractivity contribution in [2.24, 2.45) is 0 Å². The molecule has 0 aliphatic carbocycles. The summed E-state index contributed by atoms with van der Waals surface area (Å²) >= 11 is 0. The average Bonchev–Trinajstić information content (AvgIpc) is 2.79. The van der Waals surface area contributed by atoms with Crippen LogP contribution in [0.2, 0.25) is 0 Å². The summed E-state index contributed by atoms with van der Waals surface area (Å²) in [5, 5.41) is 2.78. The van der Waals surface area contributed by atoms with Gasteiger partial charge in [0.2, 0.25) is 21.8 Å². The van der Waals surface area contributed by atoms with Crippen molar-refractivity contribution in [2.75, 3.05) is 23.7 Å². The maximum Gasteiger partial charge on any atom is 0.242 e. The van der Waals surface area contributed by atoms with Crippen LogP contribution in [0.15, 0.2) is 48.5 Å². The number of nitrogens with one attached hydrogen (secondary N) is 1. The molecular weight excluding hydrogens is 450 g/mol. The van der Waals surface area contributed by atoms with Gasteiger partial charge in [0.05, 0.1) is 11.9 Å². The van der Waals surface area contributed by atoms with Gasteiger partial charge in [-0.2, -0.15) is 0 Å². The first-order chi connectivity index (χ1) is 16.1. The highest BCUT2D eigenvalue weighted by molar-refractivity contribution is 7.92. The van der Waals surface area contributed by atoms with Crippen LogP contribution < -0.4 is 9.62 Å². The maximum absolute atomic E-state index is 13.2. The molecule has 0 heterocycles. The number of likely N-dealkylation sites (N-methyl/N-ethyl adjacent to an activating group) is 1. The van der Waals surface area contributed by atoms with E-state index in [2.05, 4.69) is 5.32 Å². The van der Waals surface area contributed by atoms with Crippen LogP contribution >= 0.6 is 0 Å². The Morgan fingerprint density at radius 3 is 2.26 bits per heavy atom. The lowest BCUT2D eigenvalue weighted by Crippen LogP contribution is -2.47. The topological polar surface area (TPSA) is 86.8 Å². The fourth-order valence-corrected chi connectivity index (χ4v) is 4.78. The monoisotopic (exact) mass is 487 g/mol. The second kappa shape index (κ2) is 12.6. The van der Waals surface area contributed by atoms with E-state index in [9.17, 15) is 18.0 Å². The van der Waals surface area contributed by atoms with Crippen molar-refractivity contribution in [3.63, 3.8) is 0 Å². The van der Waals surface area contributed by atoms with Crippen LogP contribution in [0.4, 0.5) is 5.69 Å². The number of anilines is 1. The summed E-state index contributed by atoms with van der Waals surface area (Å²) < 4.78 is 26.2. The Balaban J connectivity index is 2.14. The summed E-state index contributed by atoms with van der Waals surface area (Å²) in [5.41, 5.74) is 3.73. The standard InChI is InChI=1S/C26H37N3O4S/c1-6-22-13-15-24(16-14-22)29(34(5,32)33)17-9-12-25(30)28(21(4)26(31)27-7-2)19-23-11-8-10-20(3)18-23/h8,10-11,13-16,18,21H,6-7,9,12,17,19H2,1-5H3,(H,27,31)/t21-/m0/s1. The third-order valence-electron chi connectivity index (χ3n) is 5.74. The Labute approximate surface area is 204 Å². The third kappa shape index (κ3) is 7.87. The lowest BCUT2D eigenvalue weighted by Gasteiger charge is -2.29. The van der Waals surface area contributed by atoms with Gasteiger partial charge in [0.15, 0.2) is 0 Å². The molecular formula is C26H37N3O4S. The largest absolute Gasteiger partial charge is 0.355 e. The van der Waals surface area contributed by atoms with E-state index in [1.807, 2.05) is 57.2 Å². The molecule has 2 aromatic rings. The van der Waals surface area contributed by atoms with E-state index in [1.54, 1.807) is 24.0 Å². The zero-order valence-corrected chi connectivity index (χ0v) is 21.7. The fourth-order valence-electron chi connectivity index (χ4n) is 3.81. The SMILES string of the molecule is CCNC(=O)[C@H](C)N(Cc1cccc(C)c1)C(=O)CCCN(c1ccc(CC)cc1)S(C)(=O)=O. The van der Waals surface area contributed by atoms with E-state index in [0.717, 1.165) is 23.1 Å². The lowest BCUT2D eigenvalue weighted by molar-refractivity contribution is -0.140. The molecule has 0 unspecified atom stereocenters. The van der Waals surface area contributed by atoms with E-state index in [1.165, 1.54) is 10.6 Å². The van der Waals surface area contributed by atoms with Gasteiger partial charge in [-0.15, -0.1) is 0 Å². The Morgan fingerprint density at radius 2 is 1.71 bits per heavy atom. The minimum absolute atomic E-state index is 0.134. The second-order valence-electron chi connectivity index (χ2n) is 8.54. The number of nitrogens with zero attached hydrogens (tertiary/aromatic N) is 2. The first-order valence-electron chi connectivity index (χ1n) is 11.8. The number of aryl methyl sites for hydroxylation is 2. The number of benzene rings is 2. The van der Waals surface area contributed by atoms with Crippen LogP contribution in [0, 0.1) is 6.92 Å². The molecule has 0 radical (unpaired) electrons. The van der Waals surface area contributed by atoms with Crippen molar-refractivity contribution in [3.8, 4) is 0 Å². The van der Waals surface area contributed by atoms with Gasteiger partial charge in [-0.3, -0.25) is 13.9 Å². The Kier molecular flexibility index (Phi) is 10.1. The molecule has 0 fully saturated rings. The number of amides is 2. The number of sulfonamides is 1. The van der Waals surface area contributed by atoms with Crippen molar-refractivity contribution in [1.82, 2.24) is 10.2 Å². The number of carbonyl (C=O) groups excluding carboxylic acids is 2. The van der Waals surface area contributed by atoms with E-state index < -0.39 is 16.1 Å². The fraction of sp³-hybridized carbons (Fsp3) is 0.462. The highest BCUT2D eigenvalue weighted by Crippen LogP contribution is 2.20. The van der Waals surface area contributed by atoms with Crippen LogP contribution in [0.5, 0.6) is 0 Å². The van der Waals surface area contributed by atoms with Crippen molar-refractivity contribution >= 4 is 27.5 Å². The summed E-state index contributed by atoms with van der Waals surface area (Å²) in [7, 11) is -3.50. The molecule has 186 valence electrons. The van der Waals surface area contributed by atoms with Crippen LogP contribution in [0.1, 0.15) is 50.3 Å². The van der Waals surface area contributed by atoms with Crippen molar-refractivity contribution < 1.29 is 18.0 Å². The highest BCUT2D eigenvalue weighted by atomic mass is 32.2. The summed E-state index contributed by atoms with van der Waals surface area (Å²) in [6.07, 6.45) is 2.51. The Bertz CT molecular complexity index is 1070. The van der Waals surface area contributed by atoms with Gasteiger partial charge < -0.3 is 10.2 Å². The molecule has 0 spiro atoms. The predicted octanol–water partition coefficient (Wildman–Crippen LogP) is 3.66. The van der Waals surface area contributed by atoms with Gasteiger partial charge in [0, 0.05) is 26.1 Å². The van der Waals surface area contributed by atoms with Gasteiger partial charge in [-0.1, -0.05) is 48.9 Å². The van der Waals surface area contributed by atoms with Crippen molar-refractivity contribution in [1.29, 1.82) is 0 Å². The molecule has 0 aliphatic rings. The molecule has 0 saturated carbocycles. The van der Waals surface area contributed by atoms with E-state index >= 15 is 0 Å². The van der Waals surface area contributed by atoms with Gasteiger partial charge in [-0.05, 0) is 56.9 Å². The third-order valence-corrected chi connectivity index (χ3v) is 6.93. The Hall–Kier alpha value is -2.87. The van der Waals surface area contributed by atoms with Gasteiger partial charge >= 0.3 is 0 Å². The normalized spacial score (nSPS) is 12.1. The molecule has 34 heavy (non-hydrogen) atoms. The molecule has 0 saturated heterocycles. The summed E-state index contributed by atoms with van der Waals surface area (Å²) in [5.74, 6) is -0.396. The quantitative estimate of drug-likeness (QED) is 0.495. The van der Waals surface area contributed by atoms with Crippen LogP contribution in [-0.4, -0.2) is 50.5 Å². The summed E-state index contributed by atoms with van der Waals surface area (Å²) in [4.78, 5) is 27.3. The van der Waals surface area contributed by atoms with Crippen LogP contribution in [-0.2, 0) is 32.6 Å². The molecule has 1 atom stereocenters. The van der Waals surface area contributed by atoms with E-state index in [4.69, 9.17) is 0 Å². The molecule has 2 amide bonds. The minimum Gasteiger partial charge on any atom is -0.355 e. The zero-order chi connectivity index (χ0) is 25.3. The minimum atomic E-state index is -3.50.